The highest BCUT2D eigenvalue weighted by Crippen LogP contribution is 2.33. The lowest BCUT2D eigenvalue weighted by molar-refractivity contribution is 0.102. The summed E-state index contributed by atoms with van der Waals surface area (Å²) in [6.07, 6.45) is 1.82. The Morgan fingerprint density at radius 1 is 0.967 bits per heavy atom. The molecule has 2 heterocycles. The predicted octanol–water partition coefficient (Wildman–Crippen LogP) is 5.07. The first-order chi connectivity index (χ1) is 14.3. The smallest absolute Gasteiger partial charge is 0.255 e. The molecule has 1 saturated heterocycles. The van der Waals surface area contributed by atoms with Gasteiger partial charge in [0.15, 0.2) is 0 Å². The molecule has 0 radical (unpaired) electrons. The van der Waals surface area contributed by atoms with Gasteiger partial charge in [-0.25, -0.2) is 8.42 Å². The zero-order valence-corrected chi connectivity index (χ0v) is 18.6. The summed E-state index contributed by atoms with van der Waals surface area (Å²) < 4.78 is 27.5. The molecule has 0 unspecified atom stereocenters. The Hall–Kier alpha value is -2.48. The first-order valence-electron chi connectivity index (χ1n) is 9.93. The maximum Gasteiger partial charge on any atom is 0.255 e. The zero-order chi connectivity index (χ0) is 21.3. The molecule has 2 aromatic carbocycles. The molecule has 3 aromatic rings. The van der Waals surface area contributed by atoms with Crippen molar-refractivity contribution in [2.24, 2.45) is 0 Å². The van der Waals surface area contributed by atoms with E-state index in [2.05, 4.69) is 11.4 Å². The summed E-state index contributed by atoms with van der Waals surface area (Å²) in [5.41, 5.74) is 4.30. The van der Waals surface area contributed by atoms with Crippen LogP contribution in [-0.4, -0.2) is 31.7 Å². The number of aryl methyl sites for hydroxylation is 2. The third-order valence-corrected chi connectivity index (χ3v) is 8.63. The summed E-state index contributed by atoms with van der Waals surface area (Å²) in [7, 11) is -3.43. The lowest BCUT2D eigenvalue weighted by Crippen LogP contribution is -2.27. The van der Waals surface area contributed by atoms with Crippen LogP contribution >= 0.6 is 11.3 Å². The highest BCUT2D eigenvalue weighted by molar-refractivity contribution is 7.91. The van der Waals surface area contributed by atoms with Crippen LogP contribution in [0.2, 0.25) is 0 Å². The monoisotopic (exact) mass is 440 g/mol. The van der Waals surface area contributed by atoms with E-state index >= 15 is 0 Å². The number of carbonyl (C=O) groups is 1. The van der Waals surface area contributed by atoms with Gasteiger partial charge in [-0.05, 0) is 79.8 Å². The molecule has 1 aromatic heterocycles. The summed E-state index contributed by atoms with van der Waals surface area (Å²) in [5.74, 6) is -0.191. The number of amides is 1. The second-order valence-electron chi connectivity index (χ2n) is 7.64. The zero-order valence-electron chi connectivity index (χ0n) is 17.0. The highest BCUT2D eigenvalue weighted by atomic mass is 32.2. The van der Waals surface area contributed by atoms with Gasteiger partial charge in [0.05, 0.1) is 0 Å². The second kappa shape index (κ2) is 8.34. The van der Waals surface area contributed by atoms with Gasteiger partial charge in [0.25, 0.3) is 15.9 Å². The van der Waals surface area contributed by atoms with Gasteiger partial charge in [0, 0.05) is 29.2 Å². The number of carbonyl (C=O) groups excluding carboxylic acids is 1. The van der Waals surface area contributed by atoms with Crippen molar-refractivity contribution < 1.29 is 13.2 Å². The van der Waals surface area contributed by atoms with Gasteiger partial charge < -0.3 is 5.32 Å². The van der Waals surface area contributed by atoms with E-state index in [9.17, 15) is 13.2 Å². The van der Waals surface area contributed by atoms with E-state index in [1.165, 1.54) is 11.3 Å². The minimum absolute atomic E-state index is 0.191. The Labute approximate surface area is 181 Å². The van der Waals surface area contributed by atoms with Crippen LogP contribution in [0.25, 0.3) is 10.4 Å². The standard InChI is InChI=1S/C23H24N2O3S2/c1-16-12-17(2)14-20(13-16)24-23(26)19-7-5-6-18(15-19)21-8-9-22(29-21)30(27,28)25-10-3-4-11-25/h5-9,12-15H,3-4,10-11H2,1-2H3,(H,24,26). The number of rotatable bonds is 5. The van der Waals surface area contributed by atoms with E-state index in [1.54, 1.807) is 22.5 Å². The Balaban J connectivity index is 1.56. The van der Waals surface area contributed by atoms with Gasteiger partial charge in [-0.2, -0.15) is 4.31 Å². The average molecular weight is 441 g/mol. The van der Waals surface area contributed by atoms with Crippen LogP contribution in [0, 0.1) is 13.8 Å². The number of nitrogens with zero attached hydrogens (tertiary/aromatic N) is 1. The van der Waals surface area contributed by atoms with E-state index in [0.29, 0.717) is 22.9 Å². The van der Waals surface area contributed by atoms with Crippen molar-refractivity contribution in [2.45, 2.75) is 30.9 Å². The number of benzene rings is 2. The first kappa shape index (κ1) is 20.8. The molecule has 30 heavy (non-hydrogen) atoms. The van der Waals surface area contributed by atoms with Crippen LogP contribution in [-0.2, 0) is 10.0 Å². The molecule has 1 amide bonds. The molecular weight excluding hydrogens is 416 g/mol. The van der Waals surface area contributed by atoms with Crippen LogP contribution in [0.4, 0.5) is 5.69 Å². The van der Waals surface area contributed by atoms with Crippen molar-refractivity contribution in [2.75, 3.05) is 18.4 Å². The second-order valence-corrected chi connectivity index (χ2v) is 10.9. The quantitative estimate of drug-likeness (QED) is 0.602. The van der Waals surface area contributed by atoms with Crippen molar-refractivity contribution in [3.8, 4) is 10.4 Å². The minimum atomic E-state index is -3.43. The fourth-order valence-electron chi connectivity index (χ4n) is 3.73. The van der Waals surface area contributed by atoms with Gasteiger partial charge in [-0.1, -0.05) is 18.2 Å². The molecule has 1 fully saturated rings. The van der Waals surface area contributed by atoms with Crippen LogP contribution in [0.15, 0.2) is 58.8 Å². The van der Waals surface area contributed by atoms with Gasteiger partial charge in [-0.15, -0.1) is 11.3 Å². The lowest BCUT2D eigenvalue weighted by Gasteiger charge is -2.13. The Kier molecular flexibility index (Phi) is 5.77. The molecule has 0 saturated carbocycles. The number of anilines is 1. The Bertz CT molecular complexity index is 1170. The molecular formula is C23H24N2O3S2. The van der Waals surface area contributed by atoms with E-state index in [4.69, 9.17) is 0 Å². The number of hydrogen-bond acceptors (Lipinski definition) is 4. The average Bonchev–Trinajstić information content (AvgIpc) is 3.40. The normalized spacial score (nSPS) is 14.7. The van der Waals surface area contributed by atoms with Gasteiger partial charge in [-0.3, -0.25) is 4.79 Å². The van der Waals surface area contributed by atoms with Crippen LogP contribution in [0.1, 0.15) is 34.3 Å². The fraction of sp³-hybridized carbons (Fsp3) is 0.261. The molecule has 0 bridgehead atoms. The molecule has 0 atom stereocenters. The molecule has 1 N–H and O–H groups in total. The third kappa shape index (κ3) is 4.33. The number of sulfonamides is 1. The van der Waals surface area contributed by atoms with Crippen LogP contribution < -0.4 is 5.32 Å². The molecule has 0 spiro atoms. The highest BCUT2D eigenvalue weighted by Gasteiger charge is 2.28. The third-order valence-electron chi connectivity index (χ3n) is 5.13. The number of nitrogens with one attached hydrogen (secondary N) is 1. The summed E-state index contributed by atoms with van der Waals surface area (Å²) in [6.45, 7) is 5.16. The maximum absolute atomic E-state index is 12.8. The van der Waals surface area contributed by atoms with Crippen molar-refractivity contribution in [3.63, 3.8) is 0 Å². The number of thiophene rings is 1. The van der Waals surface area contributed by atoms with Crippen molar-refractivity contribution >= 4 is 33.0 Å². The topological polar surface area (TPSA) is 66.5 Å². The van der Waals surface area contributed by atoms with E-state index in [1.807, 2.05) is 44.2 Å². The number of hydrogen-bond donors (Lipinski definition) is 1. The van der Waals surface area contributed by atoms with E-state index < -0.39 is 10.0 Å². The van der Waals surface area contributed by atoms with Crippen LogP contribution in [0.3, 0.4) is 0 Å². The van der Waals surface area contributed by atoms with Gasteiger partial charge in [0.2, 0.25) is 0 Å². The summed E-state index contributed by atoms with van der Waals surface area (Å²) in [5, 5.41) is 2.95. The fourth-order valence-corrected chi connectivity index (χ4v) is 6.71. The Morgan fingerprint density at radius 3 is 2.37 bits per heavy atom. The molecule has 0 aliphatic carbocycles. The summed E-state index contributed by atoms with van der Waals surface area (Å²) >= 11 is 1.25. The maximum atomic E-state index is 12.8. The lowest BCUT2D eigenvalue weighted by atomic mass is 10.1. The summed E-state index contributed by atoms with van der Waals surface area (Å²) in [4.78, 5) is 13.6. The largest absolute Gasteiger partial charge is 0.322 e. The SMILES string of the molecule is Cc1cc(C)cc(NC(=O)c2cccc(-c3ccc(S(=O)(=O)N4CCCC4)s3)c2)c1. The predicted molar refractivity (Wildman–Crippen MR) is 122 cm³/mol. The minimum Gasteiger partial charge on any atom is -0.322 e. The van der Waals surface area contributed by atoms with E-state index in [0.717, 1.165) is 40.1 Å². The molecule has 156 valence electrons. The van der Waals surface area contributed by atoms with E-state index in [-0.39, 0.29) is 5.91 Å². The summed E-state index contributed by atoms with van der Waals surface area (Å²) in [6, 6.07) is 16.7. The van der Waals surface area contributed by atoms with Gasteiger partial charge >= 0.3 is 0 Å². The Morgan fingerprint density at radius 2 is 1.67 bits per heavy atom. The van der Waals surface area contributed by atoms with Crippen molar-refractivity contribution in [1.82, 2.24) is 4.31 Å². The van der Waals surface area contributed by atoms with Crippen molar-refractivity contribution in [1.29, 1.82) is 0 Å². The molecule has 7 heteroatoms. The molecule has 1 aliphatic heterocycles. The van der Waals surface area contributed by atoms with Crippen LogP contribution in [0.5, 0.6) is 0 Å². The molecule has 5 nitrogen and oxygen atoms in total. The molecule has 1 aliphatic rings. The first-order valence-corrected chi connectivity index (χ1v) is 12.2. The molecule has 4 rings (SSSR count). The van der Waals surface area contributed by atoms with Crippen molar-refractivity contribution in [3.05, 3.63) is 71.3 Å². The van der Waals surface area contributed by atoms with Gasteiger partial charge in [0.1, 0.15) is 4.21 Å².